The van der Waals surface area contributed by atoms with Crippen LogP contribution in [0.5, 0.6) is 0 Å². The van der Waals surface area contributed by atoms with Crippen LogP contribution < -0.4 is 10.9 Å². The van der Waals surface area contributed by atoms with E-state index in [0.717, 1.165) is 31.4 Å². The number of unbranched alkanes of at least 4 members (excludes halogenated alkanes) is 2. The number of aromatic nitrogens is 2. The zero-order valence-electron chi connectivity index (χ0n) is 14.8. The number of benzene rings is 2. The molecule has 1 N–H and O–H groups in total. The third-order valence-electron chi connectivity index (χ3n) is 4.26. The molecular formula is C20H19F2N3O2. The van der Waals surface area contributed by atoms with E-state index in [1.165, 1.54) is 10.7 Å². The summed E-state index contributed by atoms with van der Waals surface area (Å²) in [6.45, 7) is 2.41. The molecule has 0 aliphatic heterocycles. The first-order valence-corrected chi connectivity index (χ1v) is 8.78. The highest BCUT2D eigenvalue weighted by molar-refractivity contribution is 6.11. The molecule has 0 radical (unpaired) electrons. The molecule has 0 unspecified atom stereocenters. The van der Waals surface area contributed by atoms with Crippen molar-refractivity contribution in [3.63, 3.8) is 0 Å². The molecule has 27 heavy (non-hydrogen) atoms. The number of halogens is 2. The molecule has 7 heteroatoms. The molecule has 0 aliphatic rings. The minimum Gasteiger partial charge on any atom is -0.316 e. The summed E-state index contributed by atoms with van der Waals surface area (Å²) < 4.78 is 29.0. The highest BCUT2D eigenvalue weighted by Crippen LogP contribution is 2.20. The Labute approximate surface area is 154 Å². The molecule has 0 atom stereocenters. The number of nitrogens with one attached hydrogen (secondary N) is 1. The fourth-order valence-corrected chi connectivity index (χ4v) is 2.86. The molecule has 1 amide bonds. The Morgan fingerprint density at radius 2 is 1.70 bits per heavy atom. The summed E-state index contributed by atoms with van der Waals surface area (Å²) in [5.41, 5.74) is -0.892. The van der Waals surface area contributed by atoms with E-state index in [4.69, 9.17) is 0 Å². The molecule has 0 bridgehead atoms. The van der Waals surface area contributed by atoms with Gasteiger partial charge in [0, 0.05) is 11.9 Å². The van der Waals surface area contributed by atoms with E-state index in [-0.39, 0.29) is 11.3 Å². The average Bonchev–Trinajstić information content (AvgIpc) is 2.67. The zero-order chi connectivity index (χ0) is 19.4. The van der Waals surface area contributed by atoms with Crippen molar-refractivity contribution in [3.8, 4) is 0 Å². The van der Waals surface area contributed by atoms with Crippen LogP contribution in [0.15, 0.2) is 47.3 Å². The lowest BCUT2D eigenvalue weighted by Crippen LogP contribution is -2.28. The Morgan fingerprint density at radius 3 is 2.37 bits per heavy atom. The van der Waals surface area contributed by atoms with Crippen LogP contribution in [0.2, 0.25) is 0 Å². The van der Waals surface area contributed by atoms with Crippen molar-refractivity contribution in [2.45, 2.75) is 32.7 Å². The molecular weight excluding hydrogens is 352 g/mol. The van der Waals surface area contributed by atoms with Gasteiger partial charge in [0.1, 0.15) is 17.3 Å². The Kier molecular flexibility index (Phi) is 5.59. The van der Waals surface area contributed by atoms with Gasteiger partial charge in [-0.2, -0.15) is 5.10 Å². The summed E-state index contributed by atoms with van der Waals surface area (Å²) in [7, 11) is 0. The number of hydrogen-bond acceptors (Lipinski definition) is 3. The Hall–Kier alpha value is -3.09. The number of para-hydroxylation sites is 1. The van der Waals surface area contributed by atoms with Crippen molar-refractivity contribution in [1.82, 2.24) is 9.78 Å². The molecule has 0 spiro atoms. The van der Waals surface area contributed by atoms with Crippen molar-refractivity contribution in [2.24, 2.45) is 0 Å². The van der Waals surface area contributed by atoms with Gasteiger partial charge in [0.2, 0.25) is 0 Å². The minimum absolute atomic E-state index is 0.0515. The Bertz CT molecular complexity index is 1030. The quantitative estimate of drug-likeness (QED) is 0.663. The molecule has 0 aliphatic carbocycles. The molecule has 1 heterocycles. The van der Waals surface area contributed by atoms with Gasteiger partial charge >= 0.3 is 0 Å². The molecule has 2 aromatic carbocycles. The van der Waals surface area contributed by atoms with Gasteiger partial charge in [0.25, 0.3) is 11.5 Å². The number of anilines is 1. The van der Waals surface area contributed by atoms with Crippen molar-refractivity contribution in [2.75, 3.05) is 5.32 Å². The molecule has 1 aromatic heterocycles. The van der Waals surface area contributed by atoms with Gasteiger partial charge in [-0.15, -0.1) is 0 Å². The molecule has 3 aromatic rings. The predicted octanol–water partition coefficient (Wildman–Crippen LogP) is 4.12. The van der Waals surface area contributed by atoms with Crippen LogP contribution in [0.3, 0.4) is 0 Å². The maximum atomic E-state index is 13.9. The summed E-state index contributed by atoms with van der Waals surface area (Å²) in [6, 6.07) is 9.88. The van der Waals surface area contributed by atoms with Gasteiger partial charge in [0.15, 0.2) is 5.69 Å². The highest BCUT2D eigenvalue weighted by Gasteiger charge is 2.19. The van der Waals surface area contributed by atoms with Gasteiger partial charge in [-0.3, -0.25) is 9.59 Å². The lowest BCUT2D eigenvalue weighted by Gasteiger charge is -2.12. The molecule has 0 saturated heterocycles. The van der Waals surface area contributed by atoms with Crippen LogP contribution in [0.4, 0.5) is 14.5 Å². The van der Waals surface area contributed by atoms with E-state index in [2.05, 4.69) is 10.4 Å². The van der Waals surface area contributed by atoms with Crippen LogP contribution in [0, 0.1) is 11.6 Å². The summed E-state index contributed by atoms with van der Waals surface area (Å²) in [5, 5.41) is 7.08. The van der Waals surface area contributed by atoms with E-state index in [1.54, 1.807) is 24.3 Å². The summed E-state index contributed by atoms with van der Waals surface area (Å²) in [6.07, 6.45) is 2.63. The average molecular weight is 371 g/mol. The highest BCUT2D eigenvalue weighted by atomic mass is 19.1. The first kappa shape index (κ1) is 18.7. The first-order chi connectivity index (χ1) is 13.0. The first-order valence-electron chi connectivity index (χ1n) is 8.78. The van der Waals surface area contributed by atoms with Crippen LogP contribution in [0.1, 0.15) is 36.7 Å². The van der Waals surface area contributed by atoms with Crippen molar-refractivity contribution >= 4 is 22.4 Å². The van der Waals surface area contributed by atoms with Gasteiger partial charge in [-0.1, -0.05) is 44.0 Å². The Morgan fingerprint density at radius 1 is 1.04 bits per heavy atom. The van der Waals surface area contributed by atoms with Gasteiger partial charge in [-0.25, -0.2) is 13.5 Å². The summed E-state index contributed by atoms with van der Waals surface area (Å²) in [5.74, 6) is -2.55. The fourth-order valence-electron chi connectivity index (χ4n) is 2.86. The monoisotopic (exact) mass is 371 g/mol. The van der Waals surface area contributed by atoms with Crippen LogP contribution >= 0.6 is 0 Å². The van der Waals surface area contributed by atoms with E-state index in [9.17, 15) is 18.4 Å². The van der Waals surface area contributed by atoms with Gasteiger partial charge in [-0.05, 0) is 24.6 Å². The third-order valence-corrected chi connectivity index (χ3v) is 4.26. The van der Waals surface area contributed by atoms with Crippen molar-refractivity contribution in [1.29, 1.82) is 0 Å². The molecule has 140 valence electrons. The maximum absolute atomic E-state index is 13.9. The molecule has 5 nitrogen and oxygen atoms in total. The van der Waals surface area contributed by atoms with E-state index >= 15 is 0 Å². The van der Waals surface area contributed by atoms with E-state index < -0.39 is 23.2 Å². The molecule has 0 saturated carbocycles. The second-order valence-electron chi connectivity index (χ2n) is 6.18. The Balaban J connectivity index is 2.05. The second-order valence-corrected chi connectivity index (χ2v) is 6.18. The second kappa shape index (κ2) is 8.07. The number of carbonyl (C=O) groups excluding carboxylic acids is 1. The number of rotatable bonds is 6. The van der Waals surface area contributed by atoms with Gasteiger partial charge in [0.05, 0.1) is 5.39 Å². The number of nitrogens with zero attached hydrogens (tertiary/aromatic N) is 2. The minimum atomic E-state index is -0.885. The lowest BCUT2D eigenvalue weighted by atomic mass is 10.1. The van der Waals surface area contributed by atoms with E-state index in [1.807, 2.05) is 6.92 Å². The largest absolute Gasteiger partial charge is 0.316 e. The van der Waals surface area contributed by atoms with Gasteiger partial charge < -0.3 is 5.32 Å². The zero-order valence-corrected chi connectivity index (χ0v) is 14.8. The number of fused-ring (bicyclic) bond motifs is 1. The molecule has 0 fully saturated rings. The fraction of sp³-hybridized carbons (Fsp3) is 0.250. The van der Waals surface area contributed by atoms with Crippen LogP contribution in [0.25, 0.3) is 10.8 Å². The summed E-state index contributed by atoms with van der Waals surface area (Å²) >= 11 is 0. The van der Waals surface area contributed by atoms with Crippen LogP contribution in [-0.2, 0) is 6.54 Å². The normalized spacial score (nSPS) is 10.9. The number of carbonyl (C=O) groups is 1. The van der Waals surface area contributed by atoms with Crippen molar-refractivity contribution < 1.29 is 13.6 Å². The lowest BCUT2D eigenvalue weighted by molar-refractivity contribution is 0.102. The number of hydrogen-bond donors (Lipinski definition) is 1. The SMILES string of the molecule is CCCCCn1nc(C(=O)Nc2c(F)cccc2F)c2ccccc2c1=O. The van der Waals surface area contributed by atoms with E-state index in [0.29, 0.717) is 17.3 Å². The number of amides is 1. The smallest absolute Gasteiger partial charge is 0.276 e. The third kappa shape index (κ3) is 3.86. The summed E-state index contributed by atoms with van der Waals surface area (Å²) in [4.78, 5) is 25.3. The van der Waals surface area contributed by atoms with Crippen LogP contribution in [-0.4, -0.2) is 15.7 Å². The standard InChI is InChI=1S/C20H19F2N3O2/c1-2-3-6-12-25-20(27)14-9-5-4-8-13(14)17(24-25)19(26)23-18-15(21)10-7-11-16(18)22/h4-5,7-11H,2-3,6,12H2,1H3,(H,23,26). The van der Waals surface area contributed by atoms with Crippen molar-refractivity contribution in [3.05, 3.63) is 70.1 Å². The topological polar surface area (TPSA) is 64.0 Å². The predicted molar refractivity (Wildman–Crippen MR) is 99.8 cm³/mol. The molecule has 3 rings (SSSR count). The maximum Gasteiger partial charge on any atom is 0.276 e. The number of aryl methyl sites for hydroxylation is 1.